The summed E-state index contributed by atoms with van der Waals surface area (Å²) in [6.07, 6.45) is 1.25. The number of nitrogens with zero attached hydrogens (tertiary/aromatic N) is 2. The van der Waals surface area contributed by atoms with Crippen LogP contribution in [-0.4, -0.2) is 15.9 Å². The highest BCUT2D eigenvalue weighted by Crippen LogP contribution is 2.29. The van der Waals surface area contributed by atoms with Crippen LogP contribution in [0.2, 0.25) is 10.2 Å². The zero-order valence-corrected chi connectivity index (χ0v) is 12.5. The van der Waals surface area contributed by atoms with E-state index in [1.54, 1.807) is 0 Å². The molecule has 0 radical (unpaired) electrons. The second-order valence-corrected chi connectivity index (χ2v) is 5.51. The summed E-state index contributed by atoms with van der Waals surface area (Å²) in [5.41, 5.74) is 0.177. The van der Waals surface area contributed by atoms with E-state index in [1.807, 2.05) is 44.2 Å². The maximum Gasteiger partial charge on any atom is 0.235 e. The molecule has 1 N–H and O–H groups in total. The topological polar surface area (TPSA) is 54.9 Å². The Morgan fingerprint density at radius 2 is 1.80 bits per heavy atom. The molecule has 1 aromatic heterocycles. The van der Waals surface area contributed by atoms with Crippen LogP contribution >= 0.6 is 23.2 Å². The summed E-state index contributed by atoms with van der Waals surface area (Å²) in [6.45, 7) is 3.66. The molecule has 0 aliphatic heterocycles. The zero-order valence-electron chi connectivity index (χ0n) is 11.0. The van der Waals surface area contributed by atoms with Crippen molar-refractivity contribution in [1.29, 1.82) is 0 Å². The lowest BCUT2D eigenvalue weighted by atomic mass is 9.84. The highest BCUT2D eigenvalue weighted by atomic mass is 35.5. The van der Waals surface area contributed by atoms with Crippen molar-refractivity contribution in [2.45, 2.75) is 19.3 Å². The van der Waals surface area contributed by atoms with Crippen molar-refractivity contribution in [1.82, 2.24) is 9.97 Å². The molecule has 0 fully saturated rings. The van der Waals surface area contributed by atoms with E-state index >= 15 is 0 Å². The first kappa shape index (κ1) is 14.8. The maximum absolute atomic E-state index is 12.4. The smallest absolute Gasteiger partial charge is 0.235 e. The van der Waals surface area contributed by atoms with E-state index in [1.165, 1.54) is 6.33 Å². The fraction of sp³-hybridized carbons (Fsp3) is 0.214. The van der Waals surface area contributed by atoms with Gasteiger partial charge in [-0.05, 0) is 19.4 Å². The van der Waals surface area contributed by atoms with Crippen molar-refractivity contribution >= 4 is 34.9 Å². The number of amides is 1. The van der Waals surface area contributed by atoms with Gasteiger partial charge in [-0.15, -0.1) is 0 Å². The molecule has 4 nitrogen and oxygen atoms in total. The molecule has 2 aromatic rings. The van der Waals surface area contributed by atoms with E-state index in [9.17, 15) is 4.79 Å². The Morgan fingerprint density at radius 1 is 1.15 bits per heavy atom. The molecule has 1 aromatic carbocycles. The number of anilines is 1. The molecule has 104 valence electrons. The Hall–Kier alpha value is -1.65. The van der Waals surface area contributed by atoms with Crippen molar-refractivity contribution in [3.63, 3.8) is 0 Å². The van der Waals surface area contributed by atoms with Gasteiger partial charge >= 0.3 is 0 Å². The number of aromatic nitrogens is 2. The van der Waals surface area contributed by atoms with Crippen LogP contribution in [0.5, 0.6) is 0 Å². The normalized spacial score (nSPS) is 11.2. The van der Waals surface area contributed by atoms with Gasteiger partial charge in [-0.25, -0.2) is 9.97 Å². The third kappa shape index (κ3) is 2.92. The highest BCUT2D eigenvalue weighted by molar-refractivity contribution is 6.43. The molecule has 0 saturated carbocycles. The Labute approximate surface area is 127 Å². The Balaban J connectivity index is 2.26. The van der Waals surface area contributed by atoms with Crippen LogP contribution < -0.4 is 5.32 Å². The van der Waals surface area contributed by atoms with Gasteiger partial charge in [0, 0.05) is 0 Å². The highest BCUT2D eigenvalue weighted by Gasteiger charge is 2.30. The molecule has 20 heavy (non-hydrogen) atoms. The van der Waals surface area contributed by atoms with Crippen molar-refractivity contribution < 1.29 is 4.79 Å². The van der Waals surface area contributed by atoms with E-state index in [-0.39, 0.29) is 21.9 Å². The molecule has 0 atom stereocenters. The van der Waals surface area contributed by atoms with Gasteiger partial charge < -0.3 is 5.32 Å². The van der Waals surface area contributed by atoms with Crippen LogP contribution in [0, 0.1) is 0 Å². The summed E-state index contributed by atoms with van der Waals surface area (Å²) in [7, 11) is 0. The average Bonchev–Trinajstić information content (AvgIpc) is 2.44. The average molecular weight is 310 g/mol. The van der Waals surface area contributed by atoms with Gasteiger partial charge in [0.15, 0.2) is 11.0 Å². The van der Waals surface area contributed by atoms with E-state index in [0.717, 1.165) is 5.56 Å². The number of rotatable bonds is 3. The van der Waals surface area contributed by atoms with Crippen LogP contribution in [0.15, 0.2) is 36.7 Å². The van der Waals surface area contributed by atoms with Crippen LogP contribution in [0.1, 0.15) is 19.4 Å². The van der Waals surface area contributed by atoms with Gasteiger partial charge in [-0.1, -0.05) is 53.5 Å². The van der Waals surface area contributed by atoms with E-state index < -0.39 is 5.41 Å². The zero-order chi connectivity index (χ0) is 14.8. The third-order valence-electron chi connectivity index (χ3n) is 3.04. The summed E-state index contributed by atoms with van der Waals surface area (Å²) in [4.78, 5) is 20.1. The summed E-state index contributed by atoms with van der Waals surface area (Å²) in [5, 5.41) is 2.92. The monoisotopic (exact) mass is 309 g/mol. The lowest BCUT2D eigenvalue weighted by Gasteiger charge is -2.24. The minimum absolute atomic E-state index is 0.106. The second kappa shape index (κ2) is 5.77. The molecule has 0 bridgehead atoms. The molecule has 1 heterocycles. The molecule has 2 rings (SSSR count). The molecule has 6 heteroatoms. The van der Waals surface area contributed by atoms with Gasteiger partial charge in [0.1, 0.15) is 11.3 Å². The molecule has 0 spiro atoms. The van der Waals surface area contributed by atoms with Crippen molar-refractivity contribution in [2.75, 3.05) is 5.32 Å². The number of carbonyl (C=O) groups is 1. The molecule has 0 aliphatic rings. The predicted molar refractivity (Wildman–Crippen MR) is 80.1 cm³/mol. The Bertz CT molecular complexity index is 630. The minimum atomic E-state index is -0.720. The molecular weight excluding hydrogens is 297 g/mol. The Morgan fingerprint density at radius 3 is 2.45 bits per heavy atom. The van der Waals surface area contributed by atoms with Gasteiger partial charge in [-0.2, -0.15) is 0 Å². The molecule has 0 aliphatic carbocycles. The summed E-state index contributed by atoms with van der Waals surface area (Å²) in [6, 6.07) is 9.47. The fourth-order valence-corrected chi connectivity index (χ4v) is 1.96. The number of hydrogen-bond acceptors (Lipinski definition) is 3. The van der Waals surface area contributed by atoms with Crippen molar-refractivity contribution in [3.8, 4) is 0 Å². The summed E-state index contributed by atoms with van der Waals surface area (Å²) in [5.74, 6) is -0.0129. The maximum atomic E-state index is 12.4. The number of carbonyl (C=O) groups excluding carboxylic acids is 1. The minimum Gasteiger partial charge on any atom is -0.309 e. The van der Waals surface area contributed by atoms with E-state index in [4.69, 9.17) is 23.2 Å². The SMILES string of the molecule is CC(C)(C(=O)Nc1ncnc(Cl)c1Cl)c1ccccc1. The summed E-state index contributed by atoms with van der Waals surface area (Å²) >= 11 is 11.8. The summed E-state index contributed by atoms with van der Waals surface area (Å²) < 4.78 is 0. The van der Waals surface area contributed by atoms with Crippen LogP contribution in [0.25, 0.3) is 0 Å². The predicted octanol–water partition coefficient (Wildman–Crippen LogP) is 3.70. The van der Waals surface area contributed by atoms with Crippen molar-refractivity contribution in [3.05, 3.63) is 52.4 Å². The number of halogens is 2. The lowest BCUT2D eigenvalue weighted by Crippen LogP contribution is -2.35. The molecule has 0 saturated heterocycles. The quantitative estimate of drug-likeness (QED) is 0.880. The lowest BCUT2D eigenvalue weighted by molar-refractivity contribution is -0.120. The standard InChI is InChI=1S/C14H13Cl2N3O/c1-14(2,9-6-4-3-5-7-9)13(20)19-12-10(15)11(16)17-8-18-12/h3-8H,1-2H3,(H,17,18,19,20). The van der Waals surface area contributed by atoms with Crippen LogP contribution in [0.3, 0.4) is 0 Å². The van der Waals surface area contributed by atoms with E-state index in [2.05, 4.69) is 15.3 Å². The van der Waals surface area contributed by atoms with Crippen LogP contribution in [0.4, 0.5) is 5.82 Å². The number of nitrogens with one attached hydrogen (secondary N) is 1. The second-order valence-electron chi connectivity index (χ2n) is 4.77. The Kier molecular flexibility index (Phi) is 4.26. The molecule has 0 unspecified atom stereocenters. The van der Waals surface area contributed by atoms with Gasteiger partial charge in [-0.3, -0.25) is 4.79 Å². The molecule has 1 amide bonds. The van der Waals surface area contributed by atoms with Crippen LogP contribution in [-0.2, 0) is 10.2 Å². The van der Waals surface area contributed by atoms with Gasteiger partial charge in [0.05, 0.1) is 5.41 Å². The first-order chi connectivity index (χ1) is 9.43. The van der Waals surface area contributed by atoms with Crippen molar-refractivity contribution in [2.24, 2.45) is 0 Å². The fourth-order valence-electron chi connectivity index (χ4n) is 1.69. The third-order valence-corrected chi connectivity index (χ3v) is 3.78. The molecular formula is C14H13Cl2N3O. The largest absolute Gasteiger partial charge is 0.309 e. The first-order valence-corrected chi connectivity index (χ1v) is 6.71. The number of benzene rings is 1. The number of hydrogen-bond donors (Lipinski definition) is 1. The van der Waals surface area contributed by atoms with E-state index in [0.29, 0.717) is 0 Å². The van der Waals surface area contributed by atoms with Gasteiger partial charge in [0.25, 0.3) is 0 Å². The van der Waals surface area contributed by atoms with Gasteiger partial charge in [0.2, 0.25) is 5.91 Å². The first-order valence-electron chi connectivity index (χ1n) is 5.96.